The summed E-state index contributed by atoms with van der Waals surface area (Å²) < 4.78 is 0. The summed E-state index contributed by atoms with van der Waals surface area (Å²) >= 11 is 0. The molecule has 0 aliphatic rings. The van der Waals surface area contributed by atoms with E-state index in [1.165, 1.54) is 10.9 Å². The summed E-state index contributed by atoms with van der Waals surface area (Å²) in [4.78, 5) is 4.58. The third-order valence-corrected chi connectivity index (χ3v) is 2.72. The lowest BCUT2D eigenvalue weighted by Gasteiger charge is -2.06. The highest BCUT2D eigenvalue weighted by Gasteiger charge is 1.98. The van der Waals surface area contributed by atoms with Gasteiger partial charge in [-0.25, -0.2) is 4.98 Å². The maximum atomic E-state index is 4.58. The predicted molar refractivity (Wildman–Crippen MR) is 69.9 cm³/mol. The quantitative estimate of drug-likeness (QED) is 0.840. The minimum absolute atomic E-state index is 0.971. The first-order chi connectivity index (χ1) is 7.83. The van der Waals surface area contributed by atoms with E-state index in [2.05, 4.69) is 54.5 Å². The van der Waals surface area contributed by atoms with E-state index in [0.29, 0.717) is 0 Å². The molecule has 0 fully saturated rings. The van der Waals surface area contributed by atoms with Gasteiger partial charge in [-0.15, -0.1) is 0 Å². The van der Waals surface area contributed by atoms with E-state index in [1.807, 2.05) is 0 Å². The van der Waals surface area contributed by atoms with E-state index in [0.717, 1.165) is 30.7 Å². The zero-order chi connectivity index (χ0) is 11.4. The van der Waals surface area contributed by atoms with E-state index in [1.54, 1.807) is 0 Å². The molecule has 0 atom stereocenters. The maximum Gasteiger partial charge on any atom is 0.126 e. The second kappa shape index (κ2) is 4.97. The molecule has 2 nitrogen and oxygen atoms in total. The van der Waals surface area contributed by atoms with Gasteiger partial charge in [-0.3, -0.25) is 0 Å². The predicted octanol–water partition coefficient (Wildman–Crippen LogP) is 3.62. The number of hydrogen-bond donors (Lipinski definition) is 1. The van der Waals surface area contributed by atoms with Crippen LogP contribution in [0.3, 0.4) is 0 Å². The summed E-state index contributed by atoms with van der Waals surface area (Å²) in [5.74, 6) is 0.971. The van der Waals surface area contributed by atoms with Gasteiger partial charge in [-0.1, -0.05) is 19.9 Å². The van der Waals surface area contributed by atoms with Crippen LogP contribution in [0.4, 0.5) is 5.82 Å². The fraction of sp³-hybridized carbons (Fsp3) is 0.357. The molecule has 0 unspecified atom stereocenters. The van der Waals surface area contributed by atoms with Gasteiger partial charge in [0, 0.05) is 11.9 Å². The van der Waals surface area contributed by atoms with Crippen molar-refractivity contribution in [2.24, 2.45) is 0 Å². The summed E-state index contributed by atoms with van der Waals surface area (Å²) in [6, 6.07) is 10.7. The Kier molecular flexibility index (Phi) is 3.40. The number of aryl methyl sites for hydroxylation is 1. The van der Waals surface area contributed by atoms with Gasteiger partial charge in [-0.2, -0.15) is 0 Å². The molecule has 2 rings (SSSR count). The molecule has 16 heavy (non-hydrogen) atoms. The van der Waals surface area contributed by atoms with Gasteiger partial charge in [0.05, 0.1) is 5.52 Å². The highest BCUT2D eigenvalue weighted by atomic mass is 15.0. The summed E-state index contributed by atoms with van der Waals surface area (Å²) in [5.41, 5.74) is 2.43. The Hall–Kier alpha value is -1.57. The van der Waals surface area contributed by atoms with E-state index in [9.17, 15) is 0 Å². The Morgan fingerprint density at radius 1 is 1.12 bits per heavy atom. The summed E-state index contributed by atoms with van der Waals surface area (Å²) in [6.07, 6.45) is 2.19. The van der Waals surface area contributed by atoms with Crippen LogP contribution in [-0.4, -0.2) is 11.5 Å². The number of benzene rings is 1. The van der Waals surface area contributed by atoms with Gasteiger partial charge in [0.2, 0.25) is 0 Å². The zero-order valence-electron chi connectivity index (χ0n) is 9.96. The maximum absolute atomic E-state index is 4.58. The fourth-order valence-electron chi connectivity index (χ4n) is 1.75. The number of anilines is 1. The first-order valence-corrected chi connectivity index (χ1v) is 5.97. The molecule has 0 saturated carbocycles. The van der Waals surface area contributed by atoms with Gasteiger partial charge < -0.3 is 5.32 Å². The molecule has 2 aromatic rings. The highest BCUT2D eigenvalue weighted by Crippen LogP contribution is 2.17. The average molecular weight is 214 g/mol. The molecule has 0 aliphatic carbocycles. The Balaban J connectivity index is 2.32. The smallest absolute Gasteiger partial charge is 0.126 e. The van der Waals surface area contributed by atoms with Gasteiger partial charge in [0.1, 0.15) is 5.82 Å². The Morgan fingerprint density at radius 3 is 2.75 bits per heavy atom. The third-order valence-electron chi connectivity index (χ3n) is 2.72. The van der Waals surface area contributed by atoms with E-state index in [4.69, 9.17) is 0 Å². The first-order valence-electron chi connectivity index (χ1n) is 5.97. The monoisotopic (exact) mass is 214 g/mol. The van der Waals surface area contributed by atoms with Crippen LogP contribution >= 0.6 is 0 Å². The molecular weight excluding hydrogens is 196 g/mol. The molecule has 1 N–H and O–H groups in total. The molecule has 2 heteroatoms. The van der Waals surface area contributed by atoms with Crippen molar-refractivity contribution in [3.8, 4) is 0 Å². The topological polar surface area (TPSA) is 24.9 Å². The number of nitrogens with one attached hydrogen (secondary N) is 1. The van der Waals surface area contributed by atoms with Crippen molar-refractivity contribution in [2.75, 3.05) is 11.9 Å². The van der Waals surface area contributed by atoms with Gasteiger partial charge >= 0.3 is 0 Å². The van der Waals surface area contributed by atoms with E-state index >= 15 is 0 Å². The normalized spacial score (nSPS) is 10.6. The van der Waals surface area contributed by atoms with Crippen LogP contribution in [-0.2, 0) is 6.42 Å². The number of hydrogen-bond acceptors (Lipinski definition) is 2. The van der Waals surface area contributed by atoms with Crippen LogP contribution in [0.15, 0.2) is 30.3 Å². The van der Waals surface area contributed by atoms with Crippen molar-refractivity contribution in [3.05, 3.63) is 35.9 Å². The number of fused-ring (bicyclic) bond motifs is 1. The fourth-order valence-corrected chi connectivity index (χ4v) is 1.75. The van der Waals surface area contributed by atoms with Crippen molar-refractivity contribution in [2.45, 2.75) is 26.7 Å². The molecule has 0 bridgehead atoms. The number of rotatable bonds is 4. The van der Waals surface area contributed by atoms with Crippen molar-refractivity contribution in [1.29, 1.82) is 0 Å². The zero-order valence-corrected chi connectivity index (χ0v) is 9.96. The summed E-state index contributed by atoms with van der Waals surface area (Å²) in [5, 5.41) is 4.53. The van der Waals surface area contributed by atoms with Crippen molar-refractivity contribution >= 4 is 16.7 Å². The van der Waals surface area contributed by atoms with Crippen molar-refractivity contribution in [3.63, 3.8) is 0 Å². The van der Waals surface area contributed by atoms with E-state index < -0.39 is 0 Å². The third kappa shape index (κ3) is 2.32. The Bertz CT molecular complexity index is 477. The lowest BCUT2D eigenvalue weighted by Crippen LogP contribution is -2.01. The molecule has 1 aromatic carbocycles. The van der Waals surface area contributed by atoms with Crippen LogP contribution in [0.25, 0.3) is 10.9 Å². The standard InChI is InChI=1S/C14H18N2/c1-3-9-15-14-8-6-12-10-11(4-2)5-7-13(12)16-14/h5-8,10H,3-4,9H2,1-2H3,(H,15,16). The molecular formula is C14H18N2. The van der Waals surface area contributed by atoms with Crippen LogP contribution in [0, 0.1) is 0 Å². The highest BCUT2D eigenvalue weighted by molar-refractivity contribution is 5.80. The molecule has 84 valence electrons. The summed E-state index contributed by atoms with van der Waals surface area (Å²) in [6.45, 7) is 5.30. The van der Waals surface area contributed by atoms with Crippen molar-refractivity contribution in [1.82, 2.24) is 4.98 Å². The Morgan fingerprint density at radius 2 is 2.00 bits per heavy atom. The number of pyridine rings is 1. The van der Waals surface area contributed by atoms with Gasteiger partial charge in [0.25, 0.3) is 0 Å². The van der Waals surface area contributed by atoms with Crippen LogP contribution < -0.4 is 5.32 Å². The average Bonchev–Trinajstić information content (AvgIpc) is 2.35. The van der Waals surface area contributed by atoms with Crippen LogP contribution in [0.1, 0.15) is 25.8 Å². The SMILES string of the molecule is CCCNc1ccc2cc(CC)ccc2n1. The van der Waals surface area contributed by atoms with Gasteiger partial charge in [-0.05, 0) is 42.7 Å². The van der Waals surface area contributed by atoms with Gasteiger partial charge in [0.15, 0.2) is 0 Å². The second-order valence-corrected chi connectivity index (χ2v) is 4.00. The molecule has 0 aliphatic heterocycles. The molecule has 0 radical (unpaired) electrons. The van der Waals surface area contributed by atoms with E-state index in [-0.39, 0.29) is 0 Å². The van der Waals surface area contributed by atoms with Crippen LogP contribution in [0.5, 0.6) is 0 Å². The first kappa shape index (κ1) is 10.9. The lowest BCUT2D eigenvalue weighted by atomic mass is 10.1. The molecule has 1 heterocycles. The minimum atomic E-state index is 0.971. The minimum Gasteiger partial charge on any atom is -0.370 e. The van der Waals surface area contributed by atoms with Crippen molar-refractivity contribution < 1.29 is 0 Å². The Labute approximate surface area is 96.7 Å². The lowest BCUT2D eigenvalue weighted by molar-refractivity contribution is 0.971. The number of nitrogens with zero attached hydrogens (tertiary/aromatic N) is 1. The molecule has 0 amide bonds. The molecule has 1 aromatic heterocycles. The van der Waals surface area contributed by atoms with Crippen LogP contribution in [0.2, 0.25) is 0 Å². The number of aromatic nitrogens is 1. The molecule has 0 spiro atoms. The second-order valence-electron chi connectivity index (χ2n) is 4.00. The molecule has 0 saturated heterocycles. The summed E-state index contributed by atoms with van der Waals surface area (Å²) in [7, 11) is 0. The largest absolute Gasteiger partial charge is 0.370 e.